The van der Waals surface area contributed by atoms with Gasteiger partial charge in [-0.1, -0.05) is 6.08 Å². The van der Waals surface area contributed by atoms with Crippen LogP contribution < -0.4 is 5.73 Å². The smallest absolute Gasteiger partial charge is 0.311 e. The van der Waals surface area contributed by atoms with E-state index in [1.54, 1.807) is 0 Å². The van der Waals surface area contributed by atoms with Crippen LogP contribution in [0.1, 0.15) is 11.7 Å². The van der Waals surface area contributed by atoms with E-state index < -0.39 is 11.0 Å². The molecule has 1 aromatic heterocycles. The largest absolute Gasteiger partial charge is 0.319 e. The predicted octanol–water partition coefficient (Wildman–Crippen LogP) is 0.504. The molecular weight excluding hydrogens is 160 g/mol. The molecule has 0 fully saturated rings. The Morgan fingerprint density at radius 2 is 2.58 bits per heavy atom. The quantitative estimate of drug-likeness (QED) is 0.390. The molecule has 0 aliphatic rings. The van der Waals surface area contributed by atoms with Gasteiger partial charge in [0.1, 0.15) is 11.9 Å². The van der Waals surface area contributed by atoms with Gasteiger partial charge >= 0.3 is 5.69 Å². The van der Waals surface area contributed by atoms with Crippen molar-refractivity contribution in [1.82, 2.24) is 10.2 Å². The third kappa shape index (κ3) is 1.32. The molecule has 0 radical (unpaired) electrons. The van der Waals surface area contributed by atoms with Crippen LogP contribution in [0.3, 0.4) is 0 Å². The Balaban J connectivity index is 3.06. The first-order chi connectivity index (χ1) is 5.66. The number of hydrogen-bond donors (Lipinski definition) is 2. The van der Waals surface area contributed by atoms with Crippen LogP contribution in [0.4, 0.5) is 5.69 Å². The summed E-state index contributed by atoms with van der Waals surface area (Å²) < 4.78 is 0. The molecule has 6 nitrogen and oxygen atoms in total. The van der Waals surface area contributed by atoms with E-state index in [0.29, 0.717) is 0 Å². The predicted molar refractivity (Wildman–Crippen MR) is 42.4 cm³/mol. The molecule has 1 aromatic rings. The number of nitrogens with one attached hydrogen (secondary N) is 1. The van der Waals surface area contributed by atoms with Gasteiger partial charge in [-0.15, -0.1) is 6.58 Å². The summed E-state index contributed by atoms with van der Waals surface area (Å²) in [5.41, 5.74) is 5.65. The fraction of sp³-hybridized carbons (Fsp3) is 0.167. The highest BCUT2D eigenvalue weighted by Gasteiger charge is 2.19. The van der Waals surface area contributed by atoms with Crippen molar-refractivity contribution < 1.29 is 4.92 Å². The minimum absolute atomic E-state index is 0.109. The van der Waals surface area contributed by atoms with E-state index in [2.05, 4.69) is 16.8 Å². The Morgan fingerprint density at radius 1 is 1.92 bits per heavy atom. The van der Waals surface area contributed by atoms with Crippen molar-refractivity contribution in [2.75, 3.05) is 0 Å². The van der Waals surface area contributed by atoms with Gasteiger partial charge in [-0.05, 0) is 0 Å². The Morgan fingerprint density at radius 3 is 3.08 bits per heavy atom. The zero-order valence-corrected chi connectivity index (χ0v) is 6.23. The molecule has 1 heterocycles. The van der Waals surface area contributed by atoms with E-state index in [0.717, 1.165) is 6.20 Å². The summed E-state index contributed by atoms with van der Waals surface area (Å²) >= 11 is 0. The number of aromatic nitrogens is 2. The van der Waals surface area contributed by atoms with Crippen LogP contribution >= 0.6 is 0 Å². The summed E-state index contributed by atoms with van der Waals surface area (Å²) in [4.78, 5) is 9.82. The monoisotopic (exact) mass is 168 g/mol. The molecule has 0 amide bonds. The molecule has 0 aromatic carbocycles. The number of aromatic amines is 1. The molecule has 1 unspecified atom stereocenters. The van der Waals surface area contributed by atoms with Gasteiger partial charge in [0.05, 0.1) is 11.0 Å². The standard InChI is InChI=1S/C6H8N4O2/c1-2-4(7)6-5(10(11)12)3-8-9-6/h2-4H,1,7H2,(H,8,9). The van der Waals surface area contributed by atoms with E-state index >= 15 is 0 Å². The van der Waals surface area contributed by atoms with E-state index in [4.69, 9.17) is 5.73 Å². The maximum atomic E-state index is 10.4. The SMILES string of the molecule is C=CC(N)c1[nH]ncc1[N+](=O)[O-]. The minimum atomic E-state index is -0.576. The van der Waals surface area contributed by atoms with Gasteiger partial charge < -0.3 is 5.73 Å². The highest BCUT2D eigenvalue weighted by molar-refractivity contribution is 5.35. The van der Waals surface area contributed by atoms with Crippen LogP contribution in [0, 0.1) is 10.1 Å². The van der Waals surface area contributed by atoms with Crippen LogP contribution in [0.2, 0.25) is 0 Å². The minimum Gasteiger partial charge on any atom is -0.319 e. The lowest BCUT2D eigenvalue weighted by Gasteiger charge is -2.00. The van der Waals surface area contributed by atoms with Gasteiger partial charge in [0.25, 0.3) is 0 Å². The third-order valence-corrected chi connectivity index (χ3v) is 1.43. The van der Waals surface area contributed by atoms with Gasteiger partial charge in [-0.25, -0.2) is 0 Å². The Hall–Kier alpha value is -1.69. The zero-order chi connectivity index (χ0) is 9.14. The highest BCUT2D eigenvalue weighted by atomic mass is 16.6. The van der Waals surface area contributed by atoms with Gasteiger partial charge in [0.15, 0.2) is 0 Å². The van der Waals surface area contributed by atoms with Crippen LogP contribution in [0.5, 0.6) is 0 Å². The van der Waals surface area contributed by atoms with E-state index in [9.17, 15) is 10.1 Å². The summed E-state index contributed by atoms with van der Waals surface area (Å²) in [6.45, 7) is 3.42. The van der Waals surface area contributed by atoms with Gasteiger partial charge in [-0.2, -0.15) is 5.10 Å². The first-order valence-electron chi connectivity index (χ1n) is 3.22. The first kappa shape index (κ1) is 8.41. The van der Waals surface area contributed by atoms with Crippen molar-refractivity contribution in [3.05, 3.63) is 34.7 Å². The fourth-order valence-electron chi connectivity index (χ4n) is 0.798. The molecule has 0 bridgehead atoms. The van der Waals surface area contributed by atoms with Crippen molar-refractivity contribution in [2.24, 2.45) is 5.73 Å². The molecule has 0 spiro atoms. The molecule has 1 rings (SSSR count). The Labute approximate surface area is 68.2 Å². The molecule has 3 N–H and O–H groups in total. The third-order valence-electron chi connectivity index (χ3n) is 1.43. The van der Waals surface area contributed by atoms with Crippen molar-refractivity contribution >= 4 is 5.69 Å². The van der Waals surface area contributed by atoms with E-state index in [-0.39, 0.29) is 11.4 Å². The van der Waals surface area contributed by atoms with Crippen molar-refractivity contribution in [3.63, 3.8) is 0 Å². The van der Waals surface area contributed by atoms with Crippen molar-refractivity contribution in [3.8, 4) is 0 Å². The van der Waals surface area contributed by atoms with Crippen LogP contribution in [0.25, 0.3) is 0 Å². The average Bonchev–Trinajstić information content (AvgIpc) is 2.50. The number of nitro groups is 1. The van der Waals surface area contributed by atoms with E-state index in [1.807, 2.05) is 0 Å². The second-order valence-corrected chi connectivity index (χ2v) is 2.19. The van der Waals surface area contributed by atoms with Crippen LogP contribution in [0.15, 0.2) is 18.9 Å². The lowest BCUT2D eigenvalue weighted by Crippen LogP contribution is -2.09. The second-order valence-electron chi connectivity index (χ2n) is 2.19. The number of nitrogens with zero attached hydrogens (tertiary/aromatic N) is 2. The summed E-state index contributed by atoms with van der Waals surface area (Å²) in [5.74, 6) is 0. The molecule has 64 valence electrons. The van der Waals surface area contributed by atoms with Gasteiger partial charge in [-0.3, -0.25) is 15.2 Å². The number of hydrogen-bond acceptors (Lipinski definition) is 4. The molecule has 0 aliphatic carbocycles. The topological polar surface area (TPSA) is 97.8 Å². The normalized spacial score (nSPS) is 12.4. The fourth-order valence-corrected chi connectivity index (χ4v) is 0.798. The first-order valence-corrected chi connectivity index (χ1v) is 3.22. The molecule has 0 aliphatic heterocycles. The summed E-state index contributed by atoms with van der Waals surface area (Å²) in [7, 11) is 0. The highest BCUT2D eigenvalue weighted by Crippen LogP contribution is 2.20. The summed E-state index contributed by atoms with van der Waals surface area (Å²) in [6.07, 6.45) is 2.53. The number of rotatable bonds is 3. The summed E-state index contributed by atoms with van der Waals surface area (Å²) in [6, 6.07) is -0.576. The Bertz CT molecular complexity index is 306. The lowest BCUT2D eigenvalue weighted by molar-refractivity contribution is -0.385. The molecule has 6 heteroatoms. The molecule has 12 heavy (non-hydrogen) atoms. The number of nitrogens with two attached hydrogens (primary N) is 1. The van der Waals surface area contributed by atoms with Crippen molar-refractivity contribution in [1.29, 1.82) is 0 Å². The second kappa shape index (κ2) is 3.14. The Kier molecular flexibility index (Phi) is 2.20. The average molecular weight is 168 g/mol. The zero-order valence-electron chi connectivity index (χ0n) is 6.23. The van der Waals surface area contributed by atoms with Gasteiger partial charge in [0, 0.05) is 0 Å². The van der Waals surface area contributed by atoms with Crippen molar-refractivity contribution in [2.45, 2.75) is 6.04 Å². The lowest BCUT2D eigenvalue weighted by atomic mass is 10.2. The maximum absolute atomic E-state index is 10.4. The molecule has 0 saturated carbocycles. The van der Waals surface area contributed by atoms with Gasteiger partial charge in [0.2, 0.25) is 0 Å². The molecular formula is C6H8N4O2. The maximum Gasteiger partial charge on any atom is 0.311 e. The summed E-state index contributed by atoms with van der Waals surface area (Å²) in [5, 5.41) is 16.3. The van der Waals surface area contributed by atoms with E-state index in [1.165, 1.54) is 6.08 Å². The molecule has 0 saturated heterocycles. The van der Waals surface area contributed by atoms with Crippen LogP contribution in [-0.2, 0) is 0 Å². The molecule has 1 atom stereocenters. The van der Waals surface area contributed by atoms with Crippen LogP contribution in [-0.4, -0.2) is 15.1 Å². The number of H-pyrrole nitrogens is 1.